The molecule has 2 N–H and O–H groups in total. The van der Waals surface area contributed by atoms with Gasteiger partial charge in [-0.2, -0.15) is 0 Å². The van der Waals surface area contributed by atoms with Crippen molar-refractivity contribution in [1.82, 2.24) is 10.3 Å². The first-order valence-corrected chi connectivity index (χ1v) is 8.67. The van der Waals surface area contributed by atoms with Gasteiger partial charge >= 0.3 is 12.0 Å². The van der Waals surface area contributed by atoms with Crippen molar-refractivity contribution < 1.29 is 19.1 Å². The van der Waals surface area contributed by atoms with Crippen molar-refractivity contribution in [2.24, 2.45) is 0 Å². The number of nitrogens with zero attached hydrogens (tertiary/aromatic N) is 1. The quantitative estimate of drug-likeness (QED) is 0.592. The number of fused-ring (bicyclic) bond motifs is 1. The van der Waals surface area contributed by atoms with Gasteiger partial charge in [-0.15, -0.1) is 0 Å². The maximum atomic E-state index is 12.3. The average Bonchev–Trinajstić information content (AvgIpc) is 2.95. The lowest BCUT2D eigenvalue weighted by Gasteiger charge is -2.16. The molecule has 0 spiro atoms. The van der Waals surface area contributed by atoms with Gasteiger partial charge in [-0.25, -0.2) is 14.6 Å². The van der Waals surface area contributed by atoms with Gasteiger partial charge < -0.3 is 4.74 Å². The highest BCUT2D eigenvalue weighted by Crippen LogP contribution is 2.31. The molecule has 2 rings (SSSR count). The number of halogens is 3. The lowest BCUT2D eigenvalue weighted by Crippen LogP contribution is -2.41. The van der Waals surface area contributed by atoms with E-state index in [2.05, 4.69) is 10.3 Å². The Morgan fingerprint density at radius 3 is 2.52 bits per heavy atom. The van der Waals surface area contributed by atoms with Crippen molar-refractivity contribution in [3.05, 3.63) is 22.4 Å². The van der Waals surface area contributed by atoms with Crippen molar-refractivity contribution in [2.75, 3.05) is 11.9 Å². The van der Waals surface area contributed by atoms with Gasteiger partial charge in [-0.3, -0.25) is 15.4 Å². The van der Waals surface area contributed by atoms with E-state index in [1.54, 1.807) is 13.8 Å². The van der Waals surface area contributed by atoms with Crippen molar-refractivity contribution >= 4 is 58.5 Å². The second kappa shape index (κ2) is 7.76. The molecule has 0 unspecified atom stereocenters. The topological polar surface area (TPSA) is 97.4 Å². The highest BCUT2D eigenvalue weighted by molar-refractivity contribution is 6.76. The molecule has 0 aliphatic heterocycles. The summed E-state index contributed by atoms with van der Waals surface area (Å²) in [6.07, 6.45) is 2.45. The average molecular weight is 409 g/mol. The molecule has 7 nitrogen and oxygen atoms in total. The van der Waals surface area contributed by atoms with E-state index < -0.39 is 21.7 Å². The number of pyridine rings is 1. The van der Waals surface area contributed by atoms with E-state index in [4.69, 9.17) is 39.5 Å². The van der Waals surface area contributed by atoms with Gasteiger partial charge in [0.05, 0.1) is 6.61 Å². The molecule has 3 amide bonds. The number of urea groups is 1. The number of rotatable bonds is 3. The summed E-state index contributed by atoms with van der Waals surface area (Å²) in [5.74, 6) is -1.72. The van der Waals surface area contributed by atoms with Gasteiger partial charge in [0.1, 0.15) is 11.4 Å². The molecule has 0 aromatic carbocycles. The van der Waals surface area contributed by atoms with Crippen LogP contribution in [0.5, 0.6) is 0 Å². The number of amides is 3. The smallest absolute Gasteiger partial charge is 0.342 e. The first-order valence-electron chi connectivity index (χ1n) is 7.53. The van der Waals surface area contributed by atoms with Crippen LogP contribution in [0.25, 0.3) is 0 Å². The van der Waals surface area contributed by atoms with E-state index in [0.29, 0.717) is 5.56 Å². The lowest BCUT2D eigenvalue weighted by atomic mass is 10.0. The third kappa shape index (κ3) is 4.54. The Labute approximate surface area is 159 Å². The molecule has 0 fully saturated rings. The fraction of sp³-hybridized carbons (Fsp3) is 0.467. The highest BCUT2D eigenvalue weighted by Gasteiger charge is 2.33. The van der Waals surface area contributed by atoms with Crippen LogP contribution in [0.4, 0.5) is 10.6 Å². The van der Waals surface area contributed by atoms with Crippen molar-refractivity contribution in [3.8, 4) is 0 Å². The maximum absolute atomic E-state index is 12.3. The second-order valence-corrected chi connectivity index (χ2v) is 7.65. The van der Waals surface area contributed by atoms with Crippen LogP contribution in [0.15, 0.2) is 0 Å². The Morgan fingerprint density at radius 1 is 1.24 bits per heavy atom. The third-order valence-corrected chi connectivity index (χ3v) is 4.21. The fourth-order valence-electron chi connectivity index (χ4n) is 2.63. The number of aromatic nitrogens is 1. The molecule has 1 aromatic heterocycles. The number of anilines is 1. The van der Waals surface area contributed by atoms with E-state index in [1.165, 1.54) is 0 Å². The molecule has 1 heterocycles. The molecular weight excluding hydrogens is 393 g/mol. The Kier molecular flexibility index (Phi) is 6.13. The summed E-state index contributed by atoms with van der Waals surface area (Å²) in [4.78, 5) is 40.2. The van der Waals surface area contributed by atoms with E-state index in [1.807, 2.05) is 5.32 Å². The fourth-order valence-corrected chi connectivity index (χ4v) is 2.77. The van der Waals surface area contributed by atoms with E-state index >= 15 is 0 Å². The molecular formula is C15H16Cl3N3O4. The molecule has 136 valence electrons. The molecule has 1 aromatic rings. The van der Waals surface area contributed by atoms with Crippen LogP contribution >= 0.6 is 34.8 Å². The zero-order valence-electron chi connectivity index (χ0n) is 13.5. The van der Waals surface area contributed by atoms with Crippen LogP contribution in [0.2, 0.25) is 0 Å². The number of esters is 1. The Bertz CT molecular complexity index is 732. The van der Waals surface area contributed by atoms with E-state index in [0.717, 1.165) is 30.5 Å². The number of alkyl halides is 3. The molecule has 0 atom stereocenters. The summed E-state index contributed by atoms with van der Waals surface area (Å²) >= 11 is 16.2. The lowest BCUT2D eigenvalue weighted by molar-refractivity contribution is -0.119. The van der Waals surface area contributed by atoms with Gasteiger partial charge in [-0.05, 0) is 44.2 Å². The van der Waals surface area contributed by atoms with Gasteiger partial charge in [0.25, 0.3) is 9.70 Å². The number of hydrogen-bond donors (Lipinski definition) is 2. The van der Waals surface area contributed by atoms with Crippen LogP contribution in [0, 0.1) is 6.92 Å². The van der Waals surface area contributed by atoms with Crippen LogP contribution in [0.1, 0.15) is 40.5 Å². The van der Waals surface area contributed by atoms with Crippen LogP contribution < -0.4 is 10.6 Å². The summed E-state index contributed by atoms with van der Waals surface area (Å²) in [6.45, 7) is 3.62. The van der Waals surface area contributed by atoms with Crippen molar-refractivity contribution in [2.45, 2.75) is 36.9 Å². The molecule has 0 saturated heterocycles. The summed E-state index contributed by atoms with van der Waals surface area (Å²) in [5, 5.41) is 4.24. The molecule has 0 bridgehead atoms. The minimum atomic E-state index is -2.29. The predicted octanol–water partition coefficient (Wildman–Crippen LogP) is 3.07. The summed E-state index contributed by atoms with van der Waals surface area (Å²) in [7, 11) is 0. The molecule has 1 aliphatic carbocycles. The Balaban J connectivity index is 2.33. The first-order chi connectivity index (χ1) is 11.6. The molecule has 25 heavy (non-hydrogen) atoms. The number of hydrogen-bond acceptors (Lipinski definition) is 5. The number of nitrogens with one attached hydrogen (secondary N) is 2. The zero-order chi connectivity index (χ0) is 18.8. The minimum absolute atomic E-state index is 0.00576. The van der Waals surface area contributed by atoms with Gasteiger partial charge in [0.2, 0.25) is 0 Å². The second-order valence-electron chi connectivity index (χ2n) is 5.37. The van der Waals surface area contributed by atoms with Crippen molar-refractivity contribution in [1.29, 1.82) is 0 Å². The van der Waals surface area contributed by atoms with Gasteiger partial charge in [-0.1, -0.05) is 34.8 Å². The maximum Gasteiger partial charge on any atom is 0.342 e. The zero-order valence-corrected chi connectivity index (χ0v) is 15.8. The number of ether oxygens (including phenoxy) is 1. The van der Waals surface area contributed by atoms with Crippen LogP contribution in [-0.4, -0.2) is 33.3 Å². The summed E-state index contributed by atoms with van der Waals surface area (Å²) in [6, 6.07) is -0.966. The van der Waals surface area contributed by atoms with Crippen LogP contribution in [0.3, 0.4) is 0 Å². The minimum Gasteiger partial charge on any atom is -0.462 e. The van der Waals surface area contributed by atoms with Gasteiger partial charge in [0.15, 0.2) is 0 Å². The monoisotopic (exact) mass is 407 g/mol. The van der Waals surface area contributed by atoms with E-state index in [-0.39, 0.29) is 18.0 Å². The SMILES string of the molecule is CCOC(=O)c1c(NC(=O)NC(=O)C(Cl)(Cl)Cl)nc2c(c1C)CCC2. The molecule has 0 radical (unpaired) electrons. The molecule has 1 aliphatic rings. The number of carbonyl (C=O) groups excluding carboxylic acids is 3. The molecule has 10 heteroatoms. The summed E-state index contributed by atoms with van der Waals surface area (Å²) < 4.78 is 2.76. The van der Waals surface area contributed by atoms with E-state index in [9.17, 15) is 14.4 Å². The standard InChI is InChI=1S/C15H16Cl3N3O4/c1-3-25-12(22)10-7(2)8-5-4-6-9(8)19-11(10)20-14(24)21-13(23)15(16,17)18/h3-6H2,1-2H3,(H2,19,20,21,23,24). The summed E-state index contributed by atoms with van der Waals surface area (Å²) in [5.41, 5.74) is 2.63. The predicted molar refractivity (Wildman–Crippen MR) is 94.4 cm³/mol. The van der Waals surface area contributed by atoms with Crippen molar-refractivity contribution in [3.63, 3.8) is 0 Å². The number of imide groups is 1. The largest absolute Gasteiger partial charge is 0.462 e. The Morgan fingerprint density at radius 2 is 1.92 bits per heavy atom. The van der Waals surface area contributed by atoms with Gasteiger partial charge in [0, 0.05) is 5.69 Å². The number of aryl methyl sites for hydroxylation is 1. The first kappa shape index (κ1) is 19.8. The van der Waals surface area contributed by atoms with Crippen LogP contribution in [-0.2, 0) is 22.4 Å². The Hall–Kier alpha value is -1.57. The third-order valence-electron chi connectivity index (χ3n) is 3.70. The molecule has 0 saturated carbocycles. The number of carbonyl (C=O) groups is 3. The normalized spacial score (nSPS) is 13.2. The highest BCUT2D eigenvalue weighted by atomic mass is 35.6.